The standard InChI is InChI=1S/C32H32N6O2.C2HF3O2/c1-39-25-15-33-31(34-16-25)23-9-7-21-11-27(37-29(21)13-23)19-3-5-20(6-4-19)28-12-22-8-10-24(14-30(22)38-28)32-35-17-26(40-2)18-36-32;3-2(4,5)1(6)7/h3-14,25-26,37-38H,15-18H2,1-2H3,(H,33,34)(H,35,36);(H,6,7). The van der Waals surface area contributed by atoms with Crippen molar-refractivity contribution >= 4 is 39.4 Å². The smallest absolute Gasteiger partial charge is 0.475 e. The highest BCUT2D eigenvalue weighted by molar-refractivity contribution is 6.03. The van der Waals surface area contributed by atoms with Crippen LogP contribution >= 0.6 is 0 Å². The van der Waals surface area contributed by atoms with Crippen molar-refractivity contribution in [2.75, 3.05) is 40.4 Å². The molecule has 5 aromatic rings. The van der Waals surface area contributed by atoms with Gasteiger partial charge < -0.3 is 35.2 Å². The Labute approximate surface area is 267 Å². The van der Waals surface area contributed by atoms with Gasteiger partial charge in [0.05, 0.1) is 25.3 Å². The number of carboxylic acids is 1. The molecule has 5 N–H and O–H groups in total. The van der Waals surface area contributed by atoms with Crippen LogP contribution in [-0.4, -0.2) is 91.5 Å². The number of aromatic amines is 2. The Morgan fingerprint density at radius 3 is 1.40 bits per heavy atom. The summed E-state index contributed by atoms with van der Waals surface area (Å²) < 4.78 is 42.5. The second-order valence-electron chi connectivity index (χ2n) is 11.2. The highest BCUT2D eigenvalue weighted by Crippen LogP contribution is 2.29. The molecule has 3 aromatic carbocycles. The zero-order valence-electron chi connectivity index (χ0n) is 25.6. The number of aliphatic imine (C=N–C) groups is 2. The number of rotatable bonds is 6. The molecule has 0 fully saturated rings. The summed E-state index contributed by atoms with van der Waals surface area (Å²) in [5, 5.41) is 16.3. The maximum atomic E-state index is 10.6. The Morgan fingerprint density at radius 1 is 0.702 bits per heavy atom. The van der Waals surface area contributed by atoms with Gasteiger partial charge in [0.2, 0.25) is 0 Å². The lowest BCUT2D eigenvalue weighted by atomic mass is 10.1. The summed E-state index contributed by atoms with van der Waals surface area (Å²) in [6.07, 6.45) is -4.82. The first-order valence-electron chi connectivity index (χ1n) is 14.9. The lowest BCUT2D eigenvalue weighted by molar-refractivity contribution is -0.192. The number of carbonyl (C=O) groups is 1. The molecule has 2 aliphatic rings. The Morgan fingerprint density at radius 2 is 1.09 bits per heavy atom. The lowest BCUT2D eigenvalue weighted by Crippen LogP contribution is -2.40. The number of H-pyrrole nitrogens is 2. The van der Waals surface area contributed by atoms with Gasteiger partial charge in [-0.2, -0.15) is 13.2 Å². The fourth-order valence-electron chi connectivity index (χ4n) is 5.44. The number of methoxy groups -OCH3 is 2. The lowest BCUT2D eigenvalue weighted by Gasteiger charge is -2.21. The molecule has 47 heavy (non-hydrogen) atoms. The van der Waals surface area contributed by atoms with E-state index in [0.29, 0.717) is 13.1 Å². The molecule has 244 valence electrons. The third kappa shape index (κ3) is 7.16. The van der Waals surface area contributed by atoms with Gasteiger partial charge in [-0.1, -0.05) is 48.5 Å². The number of aliphatic carboxylic acids is 1. The number of amidine groups is 2. The number of hydrogen-bond donors (Lipinski definition) is 5. The molecule has 0 saturated carbocycles. The zero-order chi connectivity index (χ0) is 33.1. The summed E-state index contributed by atoms with van der Waals surface area (Å²) in [6, 6.07) is 25.9. The largest absolute Gasteiger partial charge is 0.490 e. The van der Waals surface area contributed by atoms with Crippen LogP contribution in [0, 0.1) is 0 Å². The molecule has 2 atom stereocenters. The van der Waals surface area contributed by atoms with Gasteiger partial charge in [0.1, 0.15) is 11.7 Å². The number of benzene rings is 3. The van der Waals surface area contributed by atoms with Gasteiger partial charge in [0, 0.05) is 71.6 Å². The fraction of sp³-hybridized carbons (Fsp3) is 0.265. The first-order valence-corrected chi connectivity index (χ1v) is 14.9. The Bertz CT molecular complexity index is 1830. The van der Waals surface area contributed by atoms with Crippen LogP contribution in [0.4, 0.5) is 13.2 Å². The van der Waals surface area contributed by atoms with Crippen molar-refractivity contribution in [2.24, 2.45) is 9.98 Å². The average Bonchev–Trinajstić information content (AvgIpc) is 3.72. The van der Waals surface area contributed by atoms with Gasteiger partial charge >= 0.3 is 12.1 Å². The predicted octanol–water partition coefficient (Wildman–Crippen LogP) is 5.35. The first-order chi connectivity index (χ1) is 22.6. The van der Waals surface area contributed by atoms with E-state index < -0.39 is 12.1 Å². The maximum Gasteiger partial charge on any atom is 0.490 e. The van der Waals surface area contributed by atoms with Crippen LogP contribution in [0.15, 0.2) is 82.8 Å². The normalized spacial score (nSPS) is 18.1. The summed E-state index contributed by atoms with van der Waals surface area (Å²) in [5.74, 6) is -0.916. The third-order valence-corrected chi connectivity index (χ3v) is 8.11. The summed E-state index contributed by atoms with van der Waals surface area (Å²) in [4.78, 5) is 25.4. The number of nitrogens with zero attached hydrogens (tertiary/aromatic N) is 2. The minimum Gasteiger partial charge on any atom is -0.475 e. The molecule has 0 bridgehead atoms. The average molecular weight is 647 g/mol. The molecule has 10 nitrogen and oxygen atoms in total. The second kappa shape index (κ2) is 13.3. The van der Waals surface area contributed by atoms with Crippen molar-refractivity contribution in [2.45, 2.75) is 18.4 Å². The molecule has 7 rings (SSSR count). The number of aromatic nitrogens is 2. The summed E-state index contributed by atoms with van der Waals surface area (Å²) >= 11 is 0. The van der Waals surface area contributed by atoms with E-state index in [4.69, 9.17) is 19.4 Å². The van der Waals surface area contributed by atoms with Crippen LogP contribution in [0.5, 0.6) is 0 Å². The van der Waals surface area contributed by atoms with Crippen LogP contribution in [0.25, 0.3) is 44.3 Å². The molecule has 2 aliphatic heterocycles. The molecule has 4 heterocycles. The number of alkyl halides is 3. The van der Waals surface area contributed by atoms with Crippen molar-refractivity contribution in [1.29, 1.82) is 0 Å². The van der Waals surface area contributed by atoms with Crippen LogP contribution in [0.1, 0.15) is 11.1 Å². The molecular formula is C34H33F3N6O4. The van der Waals surface area contributed by atoms with E-state index in [1.165, 1.54) is 10.8 Å². The van der Waals surface area contributed by atoms with Gasteiger partial charge in [-0.3, -0.25) is 9.98 Å². The highest BCUT2D eigenvalue weighted by Gasteiger charge is 2.38. The van der Waals surface area contributed by atoms with Gasteiger partial charge in [-0.15, -0.1) is 0 Å². The van der Waals surface area contributed by atoms with E-state index in [2.05, 4.69) is 103 Å². The fourth-order valence-corrected chi connectivity index (χ4v) is 5.44. The third-order valence-electron chi connectivity index (χ3n) is 8.11. The van der Waals surface area contributed by atoms with Crippen molar-refractivity contribution < 1.29 is 32.5 Å². The van der Waals surface area contributed by atoms with E-state index in [0.717, 1.165) is 69.4 Å². The van der Waals surface area contributed by atoms with E-state index in [-0.39, 0.29) is 12.2 Å². The van der Waals surface area contributed by atoms with Gasteiger partial charge in [0.25, 0.3) is 0 Å². The Hall–Kier alpha value is -5.14. The molecule has 0 aliphatic carbocycles. The van der Waals surface area contributed by atoms with Crippen LogP contribution in [0.3, 0.4) is 0 Å². The Balaban J connectivity index is 0.000000499. The zero-order valence-corrected chi connectivity index (χ0v) is 25.6. The number of carboxylic acid groups (broad SMARTS) is 1. The van der Waals surface area contributed by atoms with Gasteiger partial charge in [-0.05, 0) is 35.4 Å². The first kappa shape index (κ1) is 31.8. The van der Waals surface area contributed by atoms with Crippen molar-refractivity contribution in [3.05, 3.63) is 83.9 Å². The monoisotopic (exact) mass is 646 g/mol. The van der Waals surface area contributed by atoms with Crippen LogP contribution < -0.4 is 10.6 Å². The van der Waals surface area contributed by atoms with E-state index in [1.54, 1.807) is 14.2 Å². The summed E-state index contributed by atoms with van der Waals surface area (Å²) in [5.41, 5.74) is 8.83. The number of ether oxygens (including phenoxy) is 2. The molecule has 0 radical (unpaired) electrons. The number of fused-ring (bicyclic) bond motifs is 2. The summed E-state index contributed by atoms with van der Waals surface area (Å²) in [6.45, 7) is 2.90. The second-order valence-corrected chi connectivity index (χ2v) is 11.2. The SMILES string of the molecule is COC1CN=C(c2ccc3cc(-c4ccc(-c5cc6ccc(C7=NCC(OC)CN7)cc6[nH]5)cc4)[nH]c3c2)NC1.O=C(O)C(F)(F)F. The number of hydrogen-bond acceptors (Lipinski definition) is 7. The molecule has 2 aromatic heterocycles. The predicted molar refractivity (Wildman–Crippen MR) is 175 cm³/mol. The topological polar surface area (TPSA) is 136 Å². The van der Waals surface area contributed by atoms with E-state index in [1.807, 2.05) is 0 Å². The highest BCUT2D eigenvalue weighted by atomic mass is 19.4. The minimum absolute atomic E-state index is 0.132. The van der Waals surface area contributed by atoms with E-state index in [9.17, 15) is 13.2 Å². The number of nitrogens with one attached hydrogen (secondary N) is 4. The quantitative estimate of drug-likeness (QED) is 0.169. The van der Waals surface area contributed by atoms with Crippen molar-refractivity contribution in [3.8, 4) is 22.5 Å². The van der Waals surface area contributed by atoms with Crippen molar-refractivity contribution in [1.82, 2.24) is 20.6 Å². The molecule has 0 spiro atoms. The molecule has 2 unspecified atom stereocenters. The van der Waals surface area contributed by atoms with Crippen molar-refractivity contribution in [3.63, 3.8) is 0 Å². The van der Waals surface area contributed by atoms with Crippen LogP contribution in [0.2, 0.25) is 0 Å². The maximum absolute atomic E-state index is 10.6. The number of halogens is 3. The van der Waals surface area contributed by atoms with E-state index >= 15 is 0 Å². The van der Waals surface area contributed by atoms with Crippen LogP contribution in [-0.2, 0) is 14.3 Å². The summed E-state index contributed by atoms with van der Waals surface area (Å²) in [7, 11) is 3.45. The molecule has 13 heteroatoms. The van der Waals surface area contributed by atoms with Gasteiger partial charge in [-0.25, -0.2) is 4.79 Å². The minimum atomic E-state index is -5.08. The van der Waals surface area contributed by atoms with Gasteiger partial charge in [0.15, 0.2) is 0 Å². The Kier molecular flexibility index (Phi) is 9.01. The molecule has 0 amide bonds. The molecule has 0 saturated heterocycles. The molecular weight excluding hydrogens is 613 g/mol.